The molecule has 72 valence electrons. The van der Waals surface area contributed by atoms with Crippen molar-refractivity contribution < 1.29 is 17.9 Å². The Balaban J connectivity index is 2.02. The molecule has 0 aliphatic carbocycles. The monoisotopic (exact) mass is 183 g/mol. The first-order valence-corrected chi connectivity index (χ1v) is 3.97. The van der Waals surface area contributed by atoms with E-state index in [2.05, 4.69) is 5.32 Å². The van der Waals surface area contributed by atoms with Crippen LogP contribution in [-0.2, 0) is 4.74 Å². The molecule has 0 saturated carbocycles. The summed E-state index contributed by atoms with van der Waals surface area (Å²) in [6.45, 7) is 0.0603. The third kappa shape index (κ3) is 3.92. The fourth-order valence-electron chi connectivity index (χ4n) is 1.18. The van der Waals surface area contributed by atoms with Crippen LogP contribution in [0.25, 0.3) is 0 Å². The van der Waals surface area contributed by atoms with Crippen LogP contribution in [0.15, 0.2) is 0 Å². The van der Waals surface area contributed by atoms with E-state index in [1.165, 1.54) is 0 Å². The number of halogens is 3. The summed E-state index contributed by atoms with van der Waals surface area (Å²) >= 11 is 0. The molecule has 1 rings (SSSR count). The molecule has 1 heterocycles. The Kier molecular flexibility index (Phi) is 3.34. The van der Waals surface area contributed by atoms with Crippen LogP contribution in [0.4, 0.5) is 13.2 Å². The molecular weight excluding hydrogens is 171 g/mol. The molecular formula is C7H12F3NO. The van der Waals surface area contributed by atoms with Gasteiger partial charge in [0.05, 0.1) is 12.6 Å². The average molecular weight is 183 g/mol. The van der Waals surface area contributed by atoms with Gasteiger partial charge in [-0.05, 0) is 12.8 Å². The molecule has 0 radical (unpaired) electrons. The molecule has 1 N–H and O–H groups in total. The van der Waals surface area contributed by atoms with Gasteiger partial charge in [0.15, 0.2) is 0 Å². The zero-order chi connectivity index (χ0) is 9.03. The standard InChI is InChI=1S/C7H12F3NO/c8-7(9,10)5-11-4-6-2-1-3-12-6/h6,11H,1-5H2/t6-/m0/s1. The lowest BCUT2D eigenvalue weighted by molar-refractivity contribution is -0.125. The van der Waals surface area contributed by atoms with Gasteiger partial charge >= 0.3 is 6.18 Å². The Labute approximate surface area is 69.1 Å². The van der Waals surface area contributed by atoms with E-state index in [0.717, 1.165) is 12.8 Å². The second-order valence-electron chi connectivity index (χ2n) is 2.88. The van der Waals surface area contributed by atoms with Crippen LogP contribution >= 0.6 is 0 Å². The molecule has 5 heteroatoms. The number of hydrogen-bond acceptors (Lipinski definition) is 2. The summed E-state index contributed by atoms with van der Waals surface area (Å²) in [6.07, 6.45) is -2.31. The summed E-state index contributed by atoms with van der Waals surface area (Å²) in [5.74, 6) is 0. The smallest absolute Gasteiger partial charge is 0.377 e. The lowest BCUT2D eigenvalue weighted by atomic mass is 10.2. The highest BCUT2D eigenvalue weighted by atomic mass is 19.4. The minimum absolute atomic E-state index is 0.0210. The zero-order valence-electron chi connectivity index (χ0n) is 6.66. The summed E-state index contributed by atoms with van der Waals surface area (Å²) in [7, 11) is 0. The normalized spacial score (nSPS) is 24.8. The van der Waals surface area contributed by atoms with Crippen LogP contribution in [0.2, 0.25) is 0 Å². The summed E-state index contributed by atoms with van der Waals surface area (Å²) in [5.41, 5.74) is 0. The lowest BCUT2D eigenvalue weighted by Gasteiger charge is -2.11. The van der Waals surface area contributed by atoms with Gasteiger partial charge in [-0.1, -0.05) is 0 Å². The van der Waals surface area contributed by atoms with Gasteiger partial charge in [0.1, 0.15) is 0 Å². The predicted octanol–water partition coefficient (Wildman–Crippen LogP) is 1.32. The molecule has 0 bridgehead atoms. The minimum atomic E-state index is -4.11. The second kappa shape index (κ2) is 4.09. The van der Waals surface area contributed by atoms with E-state index in [1.807, 2.05) is 0 Å². The summed E-state index contributed by atoms with van der Waals surface area (Å²) < 4.78 is 40.0. The second-order valence-corrected chi connectivity index (χ2v) is 2.88. The van der Waals surface area contributed by atoms with Crippen LogP contribution in [-0.4, -0.2) is 32.0 Å². The van der Waals surface area contributed by atoms with Crippen LogP contribution in [0.5, 0.6) is 0 Å². The minimum Gasteiger partial charge on any atom is -0.377 e. The molecule has 0 aromatic rings. The first-order valence-electron chi connectivity index (χ1n) is 3.97. The van der Waals surface area contributed by atoms with Gasteiger partial charge in [0, 0.05) is 13.2 Å². The highest BCUT2D eigenvalue weighted by Gasteiger charge is 2.27. The van der Waals surface area contributed by atoms with Crippen molar-refractivity contribution in [3.63, 3.8) is 0 Å². The van der Waals surface area contributed by atoms with Crippen LogP contribution in [0.3, 0.4) is 0 Å². The van der Waals surface area contributed by atoms with Crippen molar-refractivity contribution in [2.24, 2.45) is 0 Å². The van der Waals surface area contributed by atoms with Crippen molar-refractivity contribution in [3.8, 4) is 0 Å². The zero-order valence-corrected chi connectivity index (χ0v) is 6.66. The van der Waals surface area contributed by atoms with Crippen molar-refractivity contribution in [2.45, 2.75) is 25.1 Å². The third-order valence-corrected chi connectivity index (χ3v) is 1.72. The van der Waals surface area contributed by atoms with Crippen molar-refractivity contribution in [1.29, 1.82) is 0 Å². The molecule has 1 aliphatic rings. The van der Waals surface area contributed by atoms with Gasteiger partial charge in [0.25, 0.3) is 0 Å². The number of alkyl halides is 3. The first kappa shape index (κ1) is 9.80. The lowest BCUT2D eigenvalue weighted by Crippen LogP contribution is -2.34. The number of nitrogens with one attached hydrogen (secondary N) is 1. The Bertz CT molecular complexity index is 131. The maximum Gasteiger partial charge on any atom is 0.401 e. The van der Waals surface area contributed by atoms with Crippen LogP contribution < -0.4 is 5.32 Å². The van der Waals surface area contributed by atoms with E-state index in [-0.39, 0.29) is 6.10 Å². The van der Waals surface area contributed by atoms with Crippen molar-refractivity contribution in [3.05, 3.63) is 0 Å². The topological polar surface area (TPSA) is 21.3 Å². The Morgan fingerprint density at radius 2 is 2.17 bits per heavy atom. The molecule has 1 fully saturated rings. The SMILES string of the molecule is FC(F)(F)CNC[C@@H]1CCCO1. The van der Waals surface area contributed by atoms with Gasteiger partial charge < -0.3 is 10.1 Å². The van der Waals surface area contributed by atoms with Crippen molar-refractivity contribution in [2.75, 3.05) is 19.7 Å². The average Bonchev–Trinajstić information content (AvgIpc) is 2.36. The van der Waals surface area contributed by atoms with Gasteiger partial charge in [-0.3, -0.25) is 0 Å². The Morgan fingerprint density at radius 1 is 1.42 bits per heavy atom. The highest BCUT2D eigenvalue weighted by molar-refractivity contribution is 4.68. The molecule has 0 aromatic heterocycles. The Hall–Kier alpha value is -0.290. The van der Waals surface area contributed by atoms with Gasteiger partial charge in [0.2, 0.25) is 0 Å². The number of rotatable bonds is 3. The largest absolute Gasteiger partial charge is 0.401 e. The molecule has 2 nitrogen and oxygen atoms in total. The molecule has 0 spiro atoms. The molecule has 0 unspecified atom stereocenters. The molecule has 12 heavy (non-hydrogen) atoms. The summed E-state index contributed by atoms with van der Waals surface area (Å²) in [4.78, 5) is 0. The van der Waals surface area contributed by atoms with Gasteiger partial charge in [-0.25, -0.2) is 0 Å². The number of ether oxygens (including phenoxy) is 1. The maximum absolute atomic E-state index is 11.6. The Morgan fingerprint density at radius 3 is 2.67 bits per heavy atom. The fraction of sp³-hybridized carbons (Fsp3) is 1.00. The van der Waals surface area contributed by atoms with Crippen LogP contribution in [0, 0.1) is 0 Å². The van der Waals surface area contributed by atoms with Gasteiger partial charge in [-0.2, -0.15) is 13.2 Å². The molecule has 1 aliphatic heterocycles. The van der Waals surface area contributed by atoms with Crippen LogP contribution in [0.1, 0.15) is 12.8 Å². The van der Waals surface area contributed by atoms with E-state index in [0.29, 0.717) is 13.2 Å². The summed E-state index contributed by atoms with van der Waals surface area (Å²) in [5, 5.41) is 2.32. The van der Waals surface area contributed by atoms with E-state index in [9.17, 15) is 13.2 Å². The molecule has 0 aromatic carbocycles. The predicted molar refractivity (Wildman–Crippen MR) is 37.9 cm³/mol. The quantitative estimate of drug-likeness (QED) is 0.712. The van der Waals surface area contributed by atoms with E-state index in [4.69, 9.17) is 4.74 Å². The summed E-state index contributed by atoms with van der Waals surface area (Å²) in [6, 6.07) is 0. The van der Waals surface area contributed by atoms with E-state index < -0.39 is 12.7 Å². The molecule has 1 saturated heterocycles. The third-order valence-electron chi connectivity index (χ3n) is 1.72. The van der Waals surface area contributed by atoms with Crippen molar-refractivity contribution >= 4 is 0 Å². The van der Waals surface area contributed by atoms with E-state index in [1.54, 1.807) is 0 Å². The fourth-order valence-corrected chi connectivity index (χ4v) is 1.18. The van der Waals surface area contributed by atoms with Gasteiger partial charge in [-0.15, -0.1) is 0 Å². The highest BCUT2D eigenvalue weighted by Crippen LogP contribution is 2.14. The number of hydrogen-bond donors (Lipinski definition) is 1. The van der Waals surface area contributed by atoms with E-state index >= 15 is 0 Å². The molecule has 1 atom stereocenters. The molecule has 0 amide bonds. The maximum atomic E-state index is 11.6. The van der Waals surface area contributed by atoms with Crippen molar-refractivity contribution in [1.82, 2.24) is 5.32 Å². The first-order chi connectivity index (χ1) is 5.58.